The van der Waals surface area contributed by atoms with Crippen molar-refractivity contribution in [2.75, 3.05) is 13.2 Å². The van der Waals surface area contributed by atoms with Crippen molar-refractivity contribution in [3.8, 4) is 0 Å². The highest BCUT2D eigenvalue weighted by Crippen LogP contribution is 2.42. The van der Waals surface area contributed by atoms with Gasteiger partial charge in [-0.15, -0.1) is 0 Å². The fourth-order valence-electron chi connectivity index (χ4n) is 3.60. The Kier molecular flexibility index (Phi) is 9.60. The smallest absolute Gasteiger partial charge is 0.303 e. The van der Waals surface area contributed by atoms with E-state index in [1.165, 1.54) is 0 Å². The first-order chi connectivity index (χ1) is 14.8. The third kappa shape index (κ3) is 7.50. The summed E-state index contributed by atoms with van der Waals surface area (Å²) in [6.07, 6.45) is -4.27. The van der Waals surface area contributed by atoms with Crippen molar-refractivity contribution >= 4 is 35.8 Å². The maximum Gasteiger partial charge on any atom is 0.303 e. The fraction of sp³-hybridized carbons (Fsp3) is 0.700. The van der Waals surface area contributed by atoms with Crippen LogP contribution in [0.2, 0.25) is 0 Å². The highest BCUT2D eigenvalue weighted by Gasteiger charge is 2.63. The van der Waals surface area contributed by atoms with Gasteiger partial charge in [0, 0.05) is 47.5 Å². The van der Waals surface area contributed by atoms with Gasteiger partial charge in [0.1, 0.15) is 12.7 Å². The lowest BCUT2D eigenvalue weighted by molar-refractivity contribution is -0.261. The number of esters is 6. The molecule has 0 N–H and O–H groups in total. The van der Waals surface area contributed by atoms with Crippen LogP contribution in [0.3, 0.4) is 0 Å². The van der Waals surface area contributed by atoms with Crippen LogP contribution in [0.15, 0.2) is 0 Å². The van der Waals surface area contributed by atoms with Crippen molar-refractivity contribution in [2.24, 2.45) is 5.92 Å². The second-order valence-electron chi connectivity index (χ2n) is 7.32. The first-order valence-electron chi connectivity index (χ1n) is 9.76. The Morgan fingerprint density at radius 1 is 0.688 bits per heavy atom. The number of hydrogen-bond donors (Lipinski definition) is 0. The predicted molar refractivity (Wildman–Crippen MR) is 103 cm³/mol. The van der Waals surface area contributed by atoms with E-state index in [4.69, 9.17) is 28.4 Å². The lowest BCUT2D eigenvalue weighted by Crippen LogP contribution is -2.69. The van der Waals surface area contributed by atoms with Crippen LogP contribution in [0, 0.1) is 5.92 Å². The Morgan fingerprint density at radius 2 is 1.22 bits per heavy atom. The van der Waals surface area contributed by atoms with E-state index in [1.54, 1.807) is 0 Å². The van der Waals surface area contributed by atoms with E-state index in [9.17, 15) is 28.8 Å². The second-order valence-corrected chi connectivity index (χ2v) is 7.32. The molecule has 0 radical (unpaired) electrons. The van der Waals surface area contributed by atoms with E-state index in [1.807, 2.05) is 0 Å². The van der Waals surface area contributed by atoms with Gasteiger partial charge in [-0.05, 0) is 6.42 Å². The number of carbonyl (C=O) groups is 6. The first kappa shape index (κ1) is 26.9. The Bertz CT molecular complexity index is 760. The second kappa shape index (κ2) is 11.4. The van der Waals surface area contributed by atoms with E-state index >= 15 is 0 Å². The molecule has 0 spiro atoms. The molecule has 0 unspecified atom stereocenters. The summed E-state index contributed by atoms with van der Waals surface area (Å²) in [4.78, 5) is 70.5. The van der Waals surface area contributed by atoms with Gasteiger partial charge in [0.25, 0.3) is 0 Å². The van der Waals surface area contributed by atoms with E-state index in [0.717, 1.165) is 41.5 Å². The highest BCUT2D eigenvalue weighted by atomic mass is 16.6. The molecular weight excluding hydrogens is 432 g/mol. The predicted octanol–water partition coefficient (Wildman–Crippen LogP) is 0.230. The average molecular weight is 460 g/mol. The van der Waals surface area contributed by atoms with Gasteiger partial charge in [-0.2, -0.15) is 0 Å². The van der Waals surface area contributed by atoms with Gasteiger partial charge in [0.05, 0.1) is 6.61 Å². The lowest BCUT2D eigenvalue weighted by Gasteiger charge is -2.51. The molecule has 1 aliphatic carbocycles. The molecule has 0 aromatic carbocycles. The van der Waals surface area contributed by atoms with Crippen LogP contribution in [0.1, 0.15) is 48.0 Å². The molecule has 0 aromatic rings. The van der Waals surface area contributed by atoms with E-state index in [2.05, 4.69) is 0 Å². The molecule has 0 aromatic heterocycles. The summed E-state index contributed by atoms with van der Waals surface area (Å²) in [6, 6.07) is 0. The Morgan fingerprint density at radius 3 is 1.66 bits per heavy atom. The standard InChI is InChI=1S/C20H28O12/c1-10(21)27-8-16-7-17(29-12(3)23)18(30-13(4)24)19(31-14(5)25)20(16,32-15(6)26)9-28-11(2)22/h16-19H,7-9H2,1-6H3/t16-,17+,18-,19+,20-/m1/s1. The van der Waals surface area contributed by atoms with E-state index in [-0.39, 0.29) is 13.0 Å². The third-order valence-corrected chi connectivity index (χ3v) is 4.59. The molecule has 32 heavy (non-hydrogen) atoms. The largest absolute Gasteiger partial charge is 0.465 e. The quantitative estimate of drug-likeness (QED) is 0.359. The molecule has 180 valence electrons. The molecule has 0 heterocycles. The van der Waals surface area contributed by atoms with Crippen molar-refractivity contribution in [2.45, 2.75) is 71.9 Å². The zero-order valence-electron chi connectivity index (χ0n) is 18.8. The van der Waals surface area contributed by atoms with Crippen molar-refractivity contribution < 1.29 is 57.2 Å². The van der Waals surface area contributed by atoms with Gasteiger partial charge in [-0.25, -0.2) is 0 Å². The first-order valence-corrected chi connectivity index (χ1v) is 9.76. The summed E-state index contributed by atoms with van der Waals surface area (Å²) in [5.74, 6) is -5.59. The molecule has 12 heteroatoms. The molecule has 0 amide bonds. The highest BCUT2D eigenvalue weighted by molar-refractivity contribution is 5.70. The average Bonchev–Trinajstić information content (AvgIpc) is 2.62. The summed E-state index contributed by atoms with van der Waals surface area (Å²) in [5, 5.41) is 0. The summed E-state index contributed by atoms with van der Waals surface area (Å²) >= 11 is 0. The molecule has 1 rings (SSSR count). The molecule has 0 saturated heterocycles. The fourth-order valence-corrected chi connectivity index (χ4v) is 3.60. The number of ether oxygens (including phenoxy) is 6. The summed E-state index contributed by atoms with van der Waals surface area (Å²) in [7, 11) is 0. The maximum absolute atomic E-state index is 12.1. The SMILES string of the molecule is CC(=O)OC[C@H]1C[C@H](OC(C)=O)[C@@H](OC(C)=O)[C@H](OC(C)=O)[C@]1(COC(C)=O)OC(C)=O. The summed E-state index contributed by atoms with van der Waals surface area (Å²) < 4.78 is 31.7. The zero-order valence-corrected chi connectivity index (χ0v) is 18.8. The van der Waals surface area contributed by atoms with Gasteiger partial charge >= 0.3 is 35.8 Å². The molecule has 1 aliphatic rings. The number of hydrogen-bond acceptors (Lipinski definition) is 12. The Labute approximate surface area is 184 Å². The minimum absolute atomic E-state index is 0.142. The van der Waals surface area contributed by atoms with Crippen LogP contribution in [-0.4, -0.2) is 72.9 Å². The Hall–Kier alpha value is -3.18. The number of rotatable bonds is 8. The van der Waals surface area contributed by atoms with Crippen molar-refractivity contribution in [3.05, 3.63) is 0 Å². The van der Waals surface area contributed by atoms with E-state index < -0.39 is 72.3 Å². The van der Waals surface area contributed by atoms with Gasteiger partial charge in [-0.3, -0.25) is 28.8 Å². The van der Waals surface area contributed by atoms with Crippen molar-refractivity contribution in [1.29, 1.82) is 0 Å². The van der Waals surface area contributed by atoms with Crippen LogP contribution in [0.4, 0.5) is 0 Å². The lowest BCUT2D eigenvalue weighted by atomic mass is 9.70. The van der Waals surface area contributed by atoms with Crippen LogP contribution in [-0.2, 0) is 57.2 Å². The van der Waals surface area contributed by atoms with Crippen LogP contribution in [0.5, 0.6) is 0 Å². The maximum atomic E-state index is 12.1. The normalized spacial score (nSPS) is 26.8. The molecule has 12 nitrogen and oxygen atoms in total. The van der Waals surface area contributed by atoms with E-state index in [0.29, 0.717) is 0 Å². The van der Waals surface area contributed by atoms with Gasteiger partial charge in [0.2, 0.25) is 0 Å². The molecule has 0 bridgehead atoms. The van der Waals surface area contributed by atoms with Crippen LogP contribution < -0.4 is 0 Å². The zero-order chi connectivity index (χ0) is 24.6. The van der Waals surface area contributed by atoms with Crippen LogP contribution >= 0.6 is 0 Å². The Balaban J connectivity index is 3.69. The summed E-state index contributed by atoms with van der Waals surface area (Å²) in [6.45, 7) is 5.62. The third-order valence-electron chi connectivity index (χ3n) is 4.59. The summed E-state index contributed by atoms with van der Waals surface area (Å²) in [5.41, 5.74) is -1.92. The minimum Gasteiger partial charge on any atom is -0.465 e. The molecule has 1 saturated carbocycles. The topological polar surface area (TPSA) is 158 Å². The number of carbonyl (C=O) groups excluding carboxylic acids is 6. The van der Waals surface area contributed by atoms with Gasteiger partial charge in [-0.1, -0.05) is 0 Å². The molecule has 1 fully saturated rings. The monoisotopic (exact) mass is 460 g/mol. The minimum atomic E-state index is -1.92. The molecule has 0 aliphatic heterocycles. The van der Waals surface area contributed by atoms with Crippen molar-refractivity contribution in [1.82, 2.24) is 0 Å². The van der Waals surface area contributed by atoms with Gasteiger partial charge < -0.3 is 28.4 Å². The van der Waals surface area contributed by atoms with Crippen LogP contribution in [0.25, 0.3) is 0 Å². The van der Waals surface area contributed by atoms with Gasteiger partial charge in [0.15, 0.2) is 17.8 Å². The molecule has 5 atom stereocenters. The molecular formula is C20H28O12. The van der Waals surface area contributed by atoms with Crippen molar-refractivity contribution in [3.63, 3.8) is 0 Å².